The second-order valence-corrected chi connectivity index (χ2v) is 5.55. The number of ether oxygens (including phenoxy) is 1. The summed E-state index contributed by atoms with van der Waals surface area (Å²) in [4.78, 5) is 1.12. The van der Waals surface area contributed by atoms with Crippen molar-refractivity contribution in [2.75, 3.05) is 6.61 Å². The molecule has 0 spiro atoms. The van der Waals surface area contributed by atoms with Crippen molar-refractivity contribution in [3.8, 4) is 17.6 Å². The molecule has 3 rings (SSSR count). The standard InChI is InChI=1S/C18H14O2S/c19-9-3-4-14-10-18(21-13-14)12-20-17-8-7-15-5-1-2-6-16(15)11-17/h1-2,5-8,10-11,13,19H,9,12H2. The van der Waals surface area contributed by atoms with Crippen LogP contribution in [0.2, 0.25) is 0 Å². The molecule has 1 N–H and O–H groups in total. The molecule has 3 aromatic rings. The molecule has 3 heteroatoms. The van der Waals surface area contributed by atoms with Crippen LogP contribution in [0, 0.1) is 11.8 Å². The summed E-state index contributed by atoms with van der Waals surface area (Å²) in [5, 5.41) is 13.0. The van der Waals surface area contributed by atoms with Crippen LogP contribution in [0.1, 0.15) is 10.4 Å². The predicted molar refractivity (Wildman–Crippen MR) is 86.6 cm³/mol. The van der Waals surface area contributed by atoms with E-state index in [9.17, 15) is 0 Å². The number of aliphatic hydroxyl groups is 1. The molecule has 0 aliphatic rings. The van der Waals surface area contributed by atoms with E-state index in [4.69, 9.17) is 9.84 Å². The summed E-state index contributed by atoms with van der Waals surface area (Å²) in [6, 6.07) is 16.3. The Hall–Kier alpha value is -2.28. The van der Waals surface area contributed by atoms with Crippen molar-refractivity contribution in [2.45, 2.75) is 6.61 Å². The first-order valence-electron chi connectivity index (χ1n) is 6.64. The van der Waals surface area contributed by atoms with E-state index in [1.807, 2.05) is 29.6 Å². The second kappa shape index (κ2) is 6.45. The third-order valence-corrected chi connectivity index (χ3v) is 3.98. The lowest BCUT2D eigenvalue weighted by Gasteiger charge is -2.05. The Morgan fingerprint density at radius 2 is 1.90 bits per heavy atom. The van der Waals surface area contributed by atoms with Crippen molar-refractivity contribution in [3.63, 3.8) is 0 Å². The molecule has 0 bridgehead atoms. The van der Waals surface area contributed by atoms with E-state index in [0.29, 0.717) is 6.61 Å². The maximum atomic E-state index is 8.68. The molecule has 2 aromatic carbocycles. The molecule has 0 unspecified atom stereocenters. The molecule has 1 heterocycles. The molecule has 21 heavy (non-hydrogen) atoms. The van der Waals surface area contributed by atoms with Crippen molar-refractivity contribution in [1.82, 2.24) is 0 Å². The van der Waals surface area contributed by atoms with Crippen LogP contribution in [-0.4, -0.2) is 11.7 Å². The largest absolute Gasteiger partial charge is 0.488 e. The van der Waals surface area contributed by atoms with Crippen molar-refractivity contribution in [2.24, 2.45) is 0 Å². The third-order valence-electron chi connectivity index (χ3n) is 3.07. The summed E-state index contributed by atoms with van der Waals surface area (Å²) in [5.41, 5.74) is 0.922. The maximum absolute atomic E-state index is 8.68. The summed E-state index contributed by atoms with van der Waals surface area (Å²) in [6.45, 7) is 0.419. The number of hydrogen-bond donors (Lipinski definition) is 1. The average Bonchev–Trinajstić information content (AvgIpc) is 2.98. The molecular formula is C18H14O2S. The normalized spacial score (nSPS) is 10.1. The van der Waals surface area contributed by atoms with Gasteiger partial charge >= 0.3 is 0 Å². The van der Waals surface area contributed by atoms with Gasteiger partial charge in [-0.1, -0.05) is 42.2 Å². The molecule has 0 saturated heterocycles. The van der Waals surface area contributed by atoms with Crippen LogP contribution in [0.3, 0.4) is 0 Å². The van der Waals surface area contributed by atoms with Gasteiger partial charge in [0, 0.05) is 15.8 Å². The zero-order chi connectivity index (χ0) is 14.5. The smallest absolute Gasteiger partial charge is 0.122 e. The van der Waals surface area contributed by atoms with Gasteiger partial charge in [-0.2, -0.15) is 0 Å². The van der Waals surface area contributed by atoms with E-state index in [-0.39, 0.29) is 6.61 Å². The van der Waals surface area contributed by atoms with Gasteiger partial charge in [-0.15, -0.1) is 11.3 Å². The summed E-state index contributed by atoms with van der Waals surface area (Å²) in [6.07, 6.45) is 0. The number of thiophene rings is 1. The Morgan fingerprint density at radius 1 is 1.05 bits per heavy atom. The van der Waals surface area contributed by atoms with Gasteiger partial charge in [0.1, 0.15) is 19.0 Å². The molecule has 104 valence electrons. The van der Waals surface area contributed by atoms with Crippen LogP contribution in [-0.2, 0) is 6.61 Å². The van der Waals surface area contributed by atoms with Crippen LogP contribution in [0.5, 0.6) is 5.75 Å². The van der Waals surface area contributed by atoms with Crippen molar-refractivity contribution in [3.05, 3.63) is 64.4 Å². The van der Waals surface area contributed by atoms with Gasteiger partial charge in [0.25, 0.3) is 0 Å². The van der Waals surface area contributed by atoms with E-state index in [0.717, 1.165) is 16.2 Å². The molecule has 0 fully saturated rings. The Labute approximate surface area is 127 Å². The molecule has 0 aliphatic carbocycles. The van der Waals surface area contributed by atoms with Crippen molar-refractivity contribution >= 4 is 22.1 Å². The van der Waals surface area contributed by atoms with Crippen molar-refractivity contribution in [1.29, 1.82) is 0 Å². The Bertz CT molecular complexity index is 808. The van der Waals surface area contributed by atoms with Gasteiger partial charge in [-0.25, -0.2) is 0 Å². The molecular weight excluding hydrogens is 280 g/mol. The van der Waals surface area contributed by atoms with E-state index in [2.05, 4.69) is 36.1 Å². The molecule has 0 saturated carbocycles. The van der Waals surface area contributed by atoms with E-state index < -0.39 is 0 Å². The minimum absolute atomic E-state index is 0.112. The van der Waals surface area contributed by atoms with Crippen LogP contribution in [0.25, 0.3) is 10.8 Å². The Balaban J connectivity index is 1.69. The average molecular weight is 294 g/mol. The highest BCUT2D eigenvalue weighted by atomic mass is 32.1. The molecule has 1 aromatic heterocycles. The van der Waals surface area contributed by atoms with Gasteiger partial charge in [0.05, 0.1) is 0 Å². The van der Waals surface area contributed by atoms with E-state index >= 15 is 0 Å². The number of hydrogen-bond acceptors (Lipinski definition) is 3. The topological polar surface area (TPSA) is 29.5 Å². The maximum Gasteiger partial charge on any atom is 0.122 e. The third kappa shape index (κ3) is 3.43. The monoisotopic (exact) mass is 294 g/mol. The number of rotatable bonds is 3. The summed E-state index contributed by atoms with van der Waals surface area (Å²) >= 11 is 1.61. The first kappa shape index (κ1) is 13.7. The lowest BCUT2D eigenvalue weighted by molar-refractivity contribution is 0.310. The van der Waals surface area contributed by atoms with Crippen molar-refractivity contribution < 1.29 is 9.84 Å². The second-order valence-electron chi connectivity index (χ2n) is 4.56. The highest BCUT2D eigenvalue weighted by Gasteiger charge is 2.01. The van der Waals surface area contributed by atoms with Crippen LogP contribution >= 0.6 is 11.3 Å². The Morgan fingerprint density at radius 3 is 2.76 bits per heavy atom. The van der Waals surface area contributed by atoms with Crippen LogP contribution < -0.4 is 4.74 Å². The van der Waals surface area contributed by atoms with Gasteiger partial charge in [0.2, 0.25) is 0 Å². The van der Waals surface area contributed by atoms with Gasteiger partial charge < -0.3 is 9.84 Å². The van der Waals surface area contributed by atoms with Crippen LogP contribution in [0.4, 0.5) is 0 Å². The molecule has 2 nitrogen and oxygen atoms in total. The zero-order valence-corrected chi connectivity index (χ0v) is 12.2. The highest BCUT2D eigenvalue weighted by molar-refractivity contribution is 7.10. The van der Waals surface area contributed by atoms with Gasteiger partial charge in [0.15, 0.2) is 0 Å². The SMILES string of the molecule is OCC#Cc1csc(COc2ccc3ccccc3c2)c1. The minimum atomic E-state index is -0.112. The number of aliphatic hydroxyl groups excluding tert-OH is 1. The summed E-state index contributed by atoms with van der Waals surface area (Å²) in [5.74, 6) is 6.40. The lowest BCUT2D eigenvalue weighted by atomic mass is 10.1. The fourth-order valence-electron chi connectivity index (χ4n) is 2.08. The summed E-state index contributed by atoms with van der Waals surface area (Å²) < 4.78 is 5.83. The molecule has 0 atom stereocenters. The molecule has 0 aliphatic heterocycles. The quantitative estimate of drug-likeness (QED) is 0.744. The van der Waals surface area contributed by atoms with Crippen LogP contribution in [0.15, 0.2) is 53.9 Å². The summed E-state index contributed by atoms with van der Waals surface area (Å²) in [7, 11) is 0. The minimum Gasteiger partial charge on any atom is -0.488 e. The van der Waals surface area contributed by atoms with E-state index in [1.165, 1.54) is 10.8 Å². The van der Waals surface area contributed by atoms with E-state index in [1.54, 1.807) is 11.3 Å². The van der Waals surface area contributed by atoms with Gasteiger partial charge in [-0.05, 0) is 29.0 Å². The number of benzene rings is 2. The highest BCUT2D eigenvalue weighted by Crippen LogP contribution is 2.22. The zero-order valence-electron chi connectivity index (χ0n) is 11.4. The predicted octanol–water partition coefficient (Wildman–Crippen LogP) is 3.82. The first-order valence-corrected chi connectivity index (χ1v) is 7.52. The molecule has 0 amide bonds. The van der Waals surface area contributed by atoms with Gasteiger partial charge in [-0.3, -0.25) is 0 Å². The number of fused-ring (bicyclic) bond motifs is 1. The fraction of sp³-hybridized carbons (Fsp3) is 0.111. The Kier molecular flexibility index (Phi) is 4.20. The fourth-order valence-corrected chi connectivity index (χ4v) is 2.80. The molecule has 0 radical (unpaired) electrons. The first-order chi connectivity index (χ1) is 10.3. The lowest BCUT2D eigenvalue weighted by Crippen LogP contribution is -1.92.